The third-order valence-corrected chi connectivity index (χ3v) is 4.83. The van der Waals surface area contributed by atoms with E-state index in [0.29, 0.717) is 5.69 Å². The van der Waals surface area contributed by atoms with Crippen LogP contribution in [-0.2, 0) is 29.1 Å². The van der Waals surface area contributed by atoms with Crippen LogP contribution in [0.1, 0.15) is 53.1 Å². The van der Waals surface area contributed by atoms with E-state index in [4.69, 9.17) is 13.9 Å². The van der Waals surface area contributed by atoms with Gasteiger partial charge < -0.3 is 13.9 Å². The highest BCUT2D eigenvalue weighted by molar-refractivity contribution is 5.87. The van der Waals surface area contributed by atoms with E-state index in [1.165, 1.54) is 13.5 Å². The normalized spacial score (nSPS) is 21.1. The van der Waals surface area contributed by atoms with Crippen LogP contribution in [0.4, 0.5) is 0 Å². The molecule has 2 aromatic rings. The molecular formula is C18H23N3O4. The van der Waals surface area contributed by atoms with Gasteiger partial charge in [-0.25, -0.2) is 4.79 Å². The van der Waals surface area contributed by atoms with Crippen LogP contribution in [0.25, 0.3) is 0 Å². The average molecular weight is 345 g/mol. The van der Waals surface area contributed by atoms with Gasteiger partial charge >= 0.3 is 5.97 Å². The van der Waals surface area contributed by atoms with Crippen molar-refractivity contribution in [3.05, 3.63) is 41.1 Å². The number of aromatic nitrogens is 2. The van der Waals surface area contributed by atoms with Crippen molar-refractivity contribution in [2.45, 2.75) is 45.0 Å². The smallest absolute Gasteiger partial charge is 0.358 e. The van der Waals surface area contributed by atoms with E-state index in [0.717, 1.165) is 62.8 Å². The van der Waals surface area contributed by atoms with Crippen LogP contribution in [0.2, 0.25) is 0 Å². The van der Waals surface area contributed by atoms with Crippen LogP contribution in [0, 0.1) is 0 Å². The van der Waals surface area contributed by atoms with E-state index in [1.807, 2.05) is 16.8 Å². The molecule has 0 aliphatic carbocycles. The number of hydrogen-bond donors (Lipinski definition) is 0. The second-order valence-electron chi connectivity index (χ2n) is 6.61. The summed E-state index contributed by atoms with van der Waals surface area (Å²) in [7, 11) is 1.37. The van der Waals surface area contributed by atoms with Gasteiger partial charge in [0.1, 0.15) is 17.6 Å². The minimum absolute atomic E-state index is 0.105. The zero-order valence-electron chi connectivity index (χ0n) is 14.4. The van der Waals surface area contributed by atoms with Gasteiger partial charge in [0, 0.05) is 19.7 Å². The fraction of sp³-hybridized carbons (Fsp3) is 0.556. The lowest BCUT2D eigenvalue weighted by molar-refractivity contribution is 0.000742. The number of fused-ring (bicyclic) bond motifs is 1. The van der Waals surface area contributed by atoms with Gasteiger partial charge in [0.2, 0.25) is 0 Å². The Balaban J connectivity index is 1.40. The Morgan fingerprint density at radius 2 is 2.28 bits per heavy atom. The molecule has 0 spiro atoms. The molecule has 0 unspecified atom stereocenters. The maximum atomic E-state index is 11.6. The number of methoxy groups -OCH3 is 1. The largest absolute Gasteiger partial charge is 0.464 e. The van der Waals surface area contributed by atoms with E-state index < -0.39 is 5.97 Å². The molecule has 1 atom stereocenters. The number of carbonyl (C=O) groups excluding carboxylic acids is 1. The highest BCUT2D eigenvalue weighted by atomic mass is 16.5. The summed E-state index contributed by atoms with van der Waals surface area (Å²) in [5.41, 5.74) is 1.39. The topological polar surface area (TPSA) is 69.7 Å². The van der Waals surface area contributed by atoms with Gasteiger partial charge in [-0.2, -0.15) is 5.10 Å². The van der Waals surface area contributed by atoms with E-state index >= 15 is 0 Å². The van der Waals surface area contributed by atoms with Crippen molar-refractivity contribution in [1.82, 2.24) is 14.7 Å². The van der Waals surface area contributed by atoms with Crippen molar-refractivity contribution in [1.29, 1.82) is 0 Å². The summed E-state index contributed by atoms with van der Waals surface area (Å²) in [5, 5.41) is 4.30. The van der Waals surface area contributed by atoms with Crippen molar-refractivity contribution < 1.29 is 18.7 Å². The van der Waals surface area contributed by atoms with Gasteiger partial charge in [-0.05, 0) is 37.5 Å². The SMILES string of the molecule is COC(=O)c1cc2n(n1)CCN(Cc1ccc([C@@H]3CCCCO3)o1)C2. The molecule has 0 amide bonds. The molecule has 134 valence electrons. The molecule has 1 fully saturated rings. The fourth-order valence-electron chi connectivity index (χ4n) is 3.50. The Morgan fingerprint density at radius 3 is 3.08 bits per heavy atom. The van der Waals surface area contributed by atoms with Crippen LogP contribution >= 0.6 is 0 Å². The van der Waals surface area contributed by atoms with Crippen LogP contribution in [0.3, 0.4) is 0 Å². The van der Waals surface area contributed by atoms with Gasteiger partial charge in [0.25, 0.3) is 0 Å². The molecule has 7 heteroatoms. The predicted molar refractivity (Wildman–Crippen MR) is 88.9 cm³/mol. The first kappa shape index (κ1) is 16.4. The van der Waals surface area contributed by atoms with Crippen molar-refractivity contribution in [3.63, 3.8) is 0 Å². The van der Waals surface area contributed by atoms with Gasteiger partial charge in [-0.15, -0.1) is 0 Å². The third kappa shape index (κ3) is 3.48. The molecule has 0 radical (unpaired) electrons. The standard InChI is InChI=1S/C18H23N3O4/c1-23-18(22)15-10-13-11-20(7-8-21(13)19-15)12-14-5-6-17(25-14)16-4-2-3-9-24-16/h5-6,10,16H,2-4,7-9,11-12H2,1H3/t16-/m0/s1. The molecular weight excluding hydrogens is 322 g/mol. The first-order valence-electron chi connectivity index (χ1n) is 8.80. The minimum atomic E-state index is -0.392. The number of furan rings is 1. The highest BCUT2D eigenvalue weighted by Gasteiger charge is 2.23. The fourth-order valence-corrected chi connectivity index (χ4v) is 3.50. The second-order valence-corrected chi connectivity index (χ2v) is 6.61. The Kier molecular flexibility index (Phi) is 4.59. The number of hydrogen-bond acceptors (Lipinski definition) is 6. The summed E-state index contributed by atoms with van der Waals surface area (Å²) in [6.45, 7) is 3.92. The van der Waals surface area contributed by atoms with Crippen LogP contribution in [0.15, 0.2) is 22.6 Å². The second kappa shape index (κ2) is 7.01. The van der Waals surface area contributed by atoms with E-state index in [-0.39, 0.29) is 6.10 Å². The number of nitrogens with zero attached hydrogens (tertiary/aromatic N) is 3. The summed E-state index contributed by atoms with van der Waals surface area (Å²) >= 11 is 0. The van der Waals surface area contributed by atoms with Crippen LogP contribution < -0.4 is 0 Å². The number of rotatable bonds is 4. The molecule has 4 rings (SSSR count). The van der Waals surface area contributed by atoms with E-state index in [9.17, 15) is 4.79 Å². The van der Waals surface area contributed by atoms with Crippen molar-refractivity contribution in [3.8, 4) is 0 Å². The van der Waals surface area contributed by atoms with Gasteiger partial charge in [0.05, 0.1) is 25.9 Å². The highest BCUT2D eigenvalue weighted by Crippen LogP contribution is 2.29. The van der Waals surface area contributed by atoms with Gasteiger partial charge in [-0.1, -0.05) is 0 Å². The first-order chi connectivity index (χ1) is 12.2. The monoisotopic (exact) mass is 345 g/mol. The molecule has 2 aromatic heterocycles. The Bertz CT molecular complexity index is 745. The molecule has 0 aromatic carbocycles. The van der Waals surface area contributed by atoms with Crippen molar-refractivity contribution >= 4 is 5.97 Å². The maximum Gasteiger partial charge on any atom is 0.358 e. The first-order valence-corrected chi connectivity index (χ1v) is 8.80. The molecule has 4 heterocycles. The molecule has 1 saturated heterocycles. The summed E-state index contributed by atoms with van der Waals surface area (Å²) in [6.07, 6.45) is 3.47. The molecule has 2 aliphatic heterocycles. The average Bonchev–Trinajstić information content (AvgIpc) is 3.28. The molecule has 2 aliphatic rings. The molecule has 0 saturated carbocycles. The third-order valence-electron chi connectivity index (χ3n) is 4.83. The summed E-state index contributed by atoms with van der Waals surface area (Å²) in [4.78, 5) is 13.9. The van der Waals surface area contributed by atoms with Crippen LogP contribution in [0.5, 0.6) is 0 Å². The zero-order valence-corrected chi connectivity index (χ0v) is 14.4. The maximum absolute atomic E-state index is 11.6. The number of carbonyl (C=O) groups is 1. The zero-order chi connectivity index (χ0) is 17.2. The number of ether oxygens (including phenoxy) is 2. The van der Waals surface area contributed by atoms with Crippen LogP contribution in [-0.4, -0.2) is 40.9 Å². The molecule has 7 nitrogen and oxygen atoms in total. The van der Waals surface area contributed by atoms with Gasteiger partial charge in [-0.3, -0.25) is 9.58 Å². The van der Waals surface area contributed by atoms with Crippen molar-refractivity contribution in [2.24, 2.45) is 0 Å². The van der Waals surface area contributed by atoms with E-state index in [2.05, 4.69) is 10.00 Å². The Labute approximate surface area is 146 Å². The minimum Gasteiger partial charge on any atom is -0.464 e. The number of esters is 1. The summed E-state index contributed by atoms with van der Waals surface area (Å²) in [5.74, 6) is 1.49. The van der Waals surface area contributed by atoms with Crippen molar-refractivity contribution in [2.75, 3.05) is 20.3 Å². The molecule has 0 N–H and O–H groups in total. The summed E-state index contributed by atoms with van der Waals surface area (Å²) < 4.78 is 18.4. The summed E-state index contributed by atoms with van der Waals surface area (Å²) in [6, 6.07) is 5.88. The Hall–Kier alpha value is -2.12. The Morgan fingerprint density at radius 1 is 1.36 bits per heavy atom. The lowest BCUT2D eigenvalue weighted by Crippen LogP contribution is -2.33. The molecule has 0 bridgehead atoms. The predicted octanol–water partition coefficient (Wildman–Crippen LogP) is 2.52. The quantitative estimate of drug-likeness (QED) is 0.793. The lowest BCUT2D eigenvalue weighted by atomic mass is 10.1. The lowest BCUT2D eigenvalue weighted by Gasteiger charge is -2.26. The molecule has 25 heavy (non-hydrogen) atoms. The van der Waals surface area contributed by atoms with E-state index in [1.54, 1.807) is 6.07 Å². The van der Waals surface area contributed by atoms with Gasteiger partial charge in [0.15, 0.2) is 5.69 Å².